The Balaban J connectivity index is 1.46. The Morgan fingerprint density at radius 1 is 1.12 bits per heavy atom. The molecule has 0 atom stereocenters. The molecule has 6 heteroatoms. The van der Waals surface area contributed by atoms with Crippen LogP contribution >= 0.6 is 27.3 Å². The third kappa shape index (κ3) is 3.71. The maximum absolute atomic E-state index is 12.3. The number of hydrogen-bond acceptors (Lipinski definition) is 3. The lowest BCUT2D eigenvalue weighted by Gasteiger charge is -2.05. The standard InChI is InChI=1S/C20H16BrN3OS/c21-16-8-6-14(7-9-16)11-22-19(25)10-17-13-26-20-23-18(12-24(17)20)15-4-2-1-3-5-15/h1-9,12-13H,10-11H2,(H,22,25). The number of nitrogens with one attached hydrogen (secondary N) is 1. The minimum absolute atomic E-state index is 0.00239. The zero-order chi connectivity index (χ0) is 17.9. The van der Waals surface area contributed by atoms with Gasteiger partial charge in [0.05, 0.1) is 12.1 Å². The van der Waals surface area contributed by atoms with E-state index < -0.39 is 0 Å². The van der Waals surface area contributed by atoms with Crippen molar-refractivity contribution < 1.29 is 4.79 Å². The summed E-state index contributed by atoms with van der Waals surface area (Å²) in [5.74, 6) is 0.00239. The number of nitrogens with zero attached hydrogens (tertiary/aromatic N) is 2. The van der Waals surface area contributed by atoms with Gasteiger partial charge in [0, 0.05) is 33.9 Å². The predicted molar refractivity (Wildman–Crippen MR) is 108 cm³/mol. The molecule has 2 heterocycles. The predicted octanol–water partition coefficient (Wildman–Crippen LogP) is 4.68. The molecule has 4 nitrogen and oxygen atoms in total. The van der Waals surface area contributed by atoms with Gasteiger partial charge in [-0.3, -0.25) is 9.20 Å². The SMILES string of the molecule is O=C(Cc1csc2nc(-c3ccccc3)cn12)NCc1ccc(Br)cc1. The highest BCUT2D eigenvalue weighted by Crippen LogP contribution is 2.23. The van der Waals surface area contributed by atoms with E-state index in [2.05, 4.69) is 26.2 Å². The average molecular weight is 426 g/mol. The van der Waals surface area contributed by atoms with Crippen molar-refractivity contribution >= 4 is 38.1 Å². The monoisotopic (exact) mass is 425 g/mol. The first-order valence-electron chi connectivity index (χ1n) is 8.21. The van der Waals surface area contributed by atoms with Crippen molar-refractivity contribution in [3.63, 3.8) is 0 Å². The van der Waals surface area contributed by atoms with Crippen molar-refractivity contribution in [1.82, 2.24) is 14.7 Å². The van der Waals surface area contributed by atoms with E-state index in [-0.39, 0.29) is 5.91 Å². The van der Waals surface area contributed by atoms with Crippen LogP contribution in [0.5, 0.6) is 0 Å². The quantitative estimate of drug-likeness (QED) is 0.504. The summed E-state index contributed by atoms with van der Waals surface area (Å²) in [6, 6.07) is 18.0. The van der Waals surface area contributed by atoms with E-state index in [1.165, 1.54) is 0 Å². The largest absolute Gasteiger partial charge is 0.352 e. The smallest absolute Gasteiger partial charge is 0.226 e. The van der Waals surface area contributed by atoms with Gasteiger partial charge >= 0.3 is 0 Å². The lowest BCUT2D eigenvalue weighted by molar-refractivity contribution is -0.120. The lowest BCUT2D eigenvalue weighted by Crippen LogP contribution is -2.24. The fourth-order valence-electron chi connectivity index (χ4n) is 2.73. The van der Waals surface area contributed by atoms with E-state index in [0.717, 1.165) is 31.9 Å². The Bertz CT molecular complexity index is 1040. The summed E-state index contributed by atoms with van der Waals surface area (Å²) in [5.41, 5.74) is 4.03. The molecule has 0 saturated heterocycles. The highest BCUT2D eigenvalue weighted by molar-refractivity contribution is 9.10. The van der Waals surface area contributed by atoms with Crippen LogP contribution in [0, 0.1) is 0 Å². The highest BCUT2D eigenvalue weighted by atomic mass is 79.9. The molecule has 0 fully saturated rings. The minimum Gasteiger partial charge on any atom is -0.352 e. The number of carbonyl (C=O) groups excluding carboxylic acids is 1. The second-order valence-corrected chi connectivity index (χ2v) is 7.70. The van der Waals surface area contributed by atoms with Gasteiger partial charge in [-0.2, -0.15) is 0 Å². The van der Waals surface area contributed by atoms with Gasteiger partial charge in [-0.15, -0.1) is 11.3 Å². The molecule has 26 heavy (non-hydrogen) atoms. The molecule has 1 amide bonds. The average Bonchev–Trinajstić information content (AvgIpc) is 3.24. The van der Waals surface area contributed by atoms with E-state index >= 15 is 0 Å². The molecule has 2 aromatic carbocycles. The Hall–Kier alpha value is -2.44. The van der Waals surface area contributed by atoms with Crippen molar-refractivity contribution in [2.24, 2.45) is 0 Å². The summed E-state index contributed by atoms with van der Waals surface area (Å²) < 4.78 is 3.04. The van der Waals surface area contributed by atoms with Gasteiger partial charge in [0.25, 0.3) is 0 Å². The normalized spacial score (nSPS) is 11.0. The molecule has 0 aliphatic rings. The van der Waals surface area contributed by atoms with Crippen LogP contribution in [0.25, 0.3) is 16.2 Å². The fraction of sp³-hybridized carbons (Fsp3) is 0.100. The number of aromatic nitrogens is 2. The lowest BCUT2D eigenvalue weighted by atomic mass is 10.2. The van der Waals surface area contributed by atoms with Crippen LogP contribution in [0.3, 0.4) is 0 Å². The zero-order valence-electron chi connectivity index (χ0n) is 13.9. The maximum atomic E-state index is 12.3. The summed E-state index contributed by atoms with van der Waals surface area (Å²) in [4.78, 5) is 17.9. The Morgan fingerprint density at radius 3 is 2.65 bits per heavy atom. The molecule has 0 radical (unpaired) electrons. The molecular weight excluding hydrogens is 410 g/mol. The Kier molecular flexibility index (Phi) is 4.86. The number of rotatable bonds is 5. The van der Waals surface area contributed by atoms with E-state index in [1.54, 1.807) is 11.3 Å². The second kappa shape index (κ2) is 7.43. The number of fused-ring (bicyclic) bond motifs is 1. The number of amides is 1. The number of carbonyl (C=O) groups is 1. The van der Waals surface area contributed by atoms with Crippen LogP contribution in [0.1, 0.15) is 11.3 Å². The molecule has 4 rings (SSSR count). The van der Waals surface area contributed by atoms with E-state index in [0.29, 0.717) is 13.0 Å². The van der Waals surface area contributed by atoms with Crippen molar-refractivity contribution in [2.45, 2.75) is 13.0 Å². The molecule has 0 spiro atoms. The highest BCUT2D eigenvalue weighted by Gasteiger charge is 2.12. The van der Waals surface area contributed by atoms with Crippen LogP contribution in [-0.2, 0) is 17.8 Å². The van der Waals surface area contributed by atoms with Gasteiger partial charge in [-0.05, 0) is 17.7 Å². The van der Waals surface area contributed by atoms with Crippen molar-refractivity contribution in [2.75, 3.05) is 0 Å². The van der Waals surface area contributed by atoms with Gasteiger partial charge in [-0.25, -0.2) is 4.98 Å². The summed E-state index contributed by atoms with van der Waals surface area (Å²) in [6.45, 7) is 0.526. The van der Waals surface area contributed by atoms with Gasteiger partial charge in [0.1, 0.15) is 0 Å². The zero-order valence-corrected chi connectivity index (χ0v) is 16.3. The number of benzene rings is 2. The Morgan fingerprint density at radius 2 is 1.88 bits per heavy atom. The summed E-state index contributed by atoms with van der Waals surface area (Å²) >= 11 is 4.97. The summed E-state index contributed by atoms with van der Waals surface area (Å²) in [6.07, 6.45) is 2.33. The molecule has 0 unspecified atom stereocenters. The van der Waals surface area contributed by atoms with Crippen LogP contribution in [0.15, 0.2) is 70.6 Å². The molecule has 0 bridgehead atoms. The van der Waals surface area contributed by atoms with Crippen molar-refractivity contribution in [3.05, 3.63) is 81.9 Å². The summed E-state index contributed by atoms with van der Waals surface area (Å²) in [5, 5.41) is 4.97. The van der Waals surface area contributed by atoms with E-state index in [1.807, 2.05) is 70.6 Å². The first kappa shape index (κ1) is 17.0. The van der Waals surface area contributed by atoms with Crippen LogP contribution < -0.4 is 5.32 Å². The van der Waals surface area contributed by atoms with E-state index in [9.17, 15) is 4.79 Å². The number of imidazole rings is 1. The van der Waals surface area contributed by atoms with Crippen LogP contribution in [0.2, 0.25) is 0 Å². The number of thiazole rings is 1. The summed E-state index contributed by atoms with van der Waals surface area (Å²) in [7, 11) is 0. The maximum Gasteiger partial charge on any atom is 0.226 e. The first-order valence-corrected chi connectivity index (χ1v) is 9.88. The molecule has 1 N–H and O–H groups in total. The van der Waals surface area contributed by atoms with Crippen LogP contribution in [0.4, 0.5) is 0 Å². The van der Waals surface area contributed by atoms with Crippen LogP contribution in [-0.4, -0.2) is 15.3 Å². The Labute approximate surface area is 163 Å². The van der Waals surface area contributed by atoms with Gasteiger partial charge in [0.2, 0.25) is 5.91 Å². The topological polar surface area (TPSA) is 46.4 Å². The fourth-order valence-corrected chi connectivity index (χ4v) is 3.87. The van der Waals surface area contributed by atoms with E-state index in [4.69, 9.17) is 0 Å². The molecule has 4 aromatic rings. The van der Waals surface area contributed by atoms with Crippen molar-refractivity contribution in [1.29, 1.82) is 0 Å². The van der Waals surface area contributed by atoms with Gasteiger partial charge < -0.3 is 5.32 Å². The minimum atomic E-state index is 0.00239. The molecule has 0 aliphatic heterocycles. The van der Waals surface area contributed by atoms with Crippen molar-refractivity contribution in [3.8, 4) is 11.3 Å². The second-order valence-electron chi connectivity index (χ2n) is 5.95. The molecular formula is C20H16BrN3OS. The number of halogens is 1. The van der Waals surface area contributed by atoms with Gasteiger partial charge in [-0.1, -0.05) is 58.4 Å². The molecule has 130 valence electrons. The molecule has 0 aliphatic carbocycles. The van der Waals surface area contributed by atoms with Gasteiger partial charge in [0.15, 0.2) is 4.96 Å². The first-order chi connectivity index (χ1) is 12.7. The third-order valence-corrected chi connectivity index (χ3v) is 5.51. The third-order valence-electron chi connectivity index (χ3n) is 4.10. The number of hydrogen-bond donors (Lipinski definition) is 1. The molecule has 0 saturated carbocycles. The molecule has 2 aromatic heterocycles.